The summed E-state index contributed by atoms with van der Waals surface area (Å²) in [4.78, 5) is 16.0. The quantitative estimate of drug-likeness (QED) is 0.727. The molecule has 0 atom stereocenters. The lowest BCUT2D eigenvalue weighted by atomic mass is 10.1. The minimum atomic E-state index is -0.750. The average Bonchev–Trinajstić information content (AvgIpc) is 2.88. The van der Waals surface area contributed by atoms with Crippen molar-refractivity contribution in [3.63, 3.8) is 0 Å². The van der Waals surface area contributed by atoms with Gasteiger partial charge in [0.15, 0.2) is 0 Å². The van der Waals surface area contributed by atoms with E-state index in [4.69, 9.17) is 34.7 Å². The van der Waals surface area contributed by atoms with E-state index in [9.17, 15) is 9.18 Å². The second-order valence-electron chi connectivity index (χ2n) is 5.20. The molecular weight excluding hydrogens is 368 g/mol. The van der Waals surface area contributed by atoms with E-state index >= 15 is 0 Å². The standard InChI is InChI=1S/C16H12Cl2FN5O/c17-8-4-5-9(22-7-8)6-11-13(16(21)25)15(20)24(23-11)12-3-1-2-10(19)14(12)18/h1-5,7H,6,20H2,(H2,21,25). The SMILES string of the molecule is NC(=O)c1c(Cc2ccc(Cl)cn2)nn(-c2cccc(F)c2Cl)c1N. The molecule has 1 amide bonds. The number of pyridine rings is 1. The average molecular weight is 380 g/mol. The molecule has 0 fully saturated rings. The van der Waals surface area contributed by atoms with Crippen LogP contribution in [-0.4, -0.2) is 20.7 Å². The first-order chi connectivity index (χ1) is 11.9. The van der Waals surface area contributed by atoms with Gasteiger partial charge in [0.2, 0.25) is 0 Å². The van der Waals surface area contributed by atoms with Crippen molar-refractivity contribution < 1.29 is 9.18 Å². The van der Waals surface area contributed by atoms with Gasteiger partial charge in [0.25, 0.3) is 5.91 Å². The predicted octanol–water partition coefficient (Wildman–Crippen LogP) is 2.99. The first-order valence-electron chi connectivity index (χ1n) is 7.10. The third-order valence-corrected chi connectivity index (χ3v) is 4.13. The second kappa shape index (κ2) is 6.70. The normalized spacial score (nSPS) is 10.8. The number of carbonyl (C=O) groups excluding carboxylic acids is 1. The minimum absolute atomic E-state index is 0.0241. The lowest BCUT2D eigenvalue weighted by Crippen LogP contribution is -2.15. The molecule has 3 rings (SSSR count). The lowest BCUT2D eigenvalue weighted by Gasteiger charge is -2.07. The van der Waals surface area contributed by atoms with Gasteiger partial charge in [-0.15, -0.1) is 0 Å². The molecule has 0 aliphatic carbocycles. The summed E-state index contributed by atoms with van der Waals surface area (Å²) in [6, 6.07) is 7.56. The Bertz CT molecular complexity index is 956. The van der Waals surface area contributed by atoms with E-state index in [1.54, 1.807) is 12.1 Å². The van der Waals surface area contributed by atoms with Crippen molar-refractivity contribution >= 4 is 34.9 Å². The number of nitrogens with two attached hydrogens (primary N) is 2. The molecule has 0 unspecified atom stereocenters. The molecule has 0 aliphatic heterocycles. The molecule has 6 nitrogen and oxygen atoms in total. The number of halogens is 3. The Labute approximate surface area is 152 Å². The maximum Gasteiger partial charge on any atom is 0.254 e. The number of anilines is 1. The van der Waals surface area contributed by atoms with E-state index in [1.165, 1.54) is 29.1 Å². The Morgan fingerprint density at radius 1 is 1.24 bits per heavy atom. The van der Waals surface area contributed by atoms with Crippen LogP contribution in [0, 0.1) is 5.82 Å². The van der Waals surface area contributed by atoms with E-state index in [0.29, 0.717) is 16.4 Å². The van der Waals surface area contributed by atoms with Gasteiger partial charge >= 0.3 is 0 Å². The number of nitrogen functional groups attached to an aromatic ring is 1. The molecule has 0 radical (unpaired) electrons. The molecule has 2 heterocycles. The summed E-state index contributed by atoms with van der Waals surface area (Å²) < 4.78 is 14.9. The van der Waals surface area contributed by atoms with Crippen molar-refractivity contribution in [2.45, 2.75) is 6.42 Å². The number of aromatic nitrogens is 3. The highest BCUT2D eigenvalue weighted by molar-refractivity contribution is 6.32. The Hall–Kier alpha value is -2.64. The van der Waals surface area contributed by atoms with Crippen LogP contribution < -0.4 is 11.5 Å². The van der Waals surface area contributed by atoms with E-state index in [0.717, 1.165) is 0 Å². The van der Waals surface area contributed by atoms with Crippen LogP contribution >= 0.6 is 23.2 Å². The Balaban J connectivity index is 2.11. The fraction of sp³-hybridized carbons (Fsp3) is 0.0625. The van der Waals surface area contributed by atoms with Crippen LogP contribution in [0.3, 0.4) is 0 Å². The van der Waals surface area contributed by atoms with Gasteiger partial charge in [-0.1, -0.05) is 29.3 Å². The zero-order chi connectivity index (χ0) is 18.1. The van der Waals surface area contributed by atoms with Gasteiger partial charge < -0.3 is 11.5 Å². The third kappa shape index (κ3) is 3.29. The maximum absolute atomic E-state index is 13.7. The van der Waals surface area contributed by atoms with E-state index < -0.39 is 11.7 Å². The van der Waals surface area contributed by atoms with Crippen LogP contribution in [0.2, 0.25) is 10.0 Å². The van der Waals surface area contributed by atoms with Gasteiger partial charge in [-0.2, -0.15) is 5.10 Å². The summed E-state index contributed by atoms with van der Waals surface area (Å²) >= 11 is 11.8. The molecule has 0 saturated carbocycles. The number of rotatable bonds is 4. The molecule has 9 heteroatoms. The van der Waals surface area contributed by atoms with Gasteiger partial charge in [-0.3, -0.25) is 9.78 Å². The molecule has 3 aromatic rings. The molecule has 25 heavy (non-hydrogen) atoms. The Morgan fingerprint density at radius 3 is 2.64 bits per heavy atom. The van der Waals surface area contributed by atoms with Crippen LogP contribution in [0.25, 0.3) is 5.69 Å². The van der Waals surface area contributed by atoms with Crippen molar-refractivity contribution in [1.82, 2.24) is 14.8 Å². The summed E-state index contributed by atoms with van der Waals surface area (Å²) in [5, 5.41) is 4.61. The molecule has 0 spiro atoms. The summed E-state index contributed by atoms with van der Waals surface area (Å²) in [6.45, 7) is 0. The summed E-state index contributed by atoms with van der Waals surface area (Å²) in [6.07, 6.45) is 1.67. The van der Waals surface area contributed by atoms with Gasteiger partial charge in [-0.05, 0) is 24.3 Å². The summed E-state index contributed by atoms with van der Waals surface area (Å²) in [7, 11) is 0. The van der Waals surface area contributed by atoms with Gasteiger partial charge in [0, 0.05) is 18.3 Å². The van der Waals surface area contributed by atoms with Crippen LogP contribution in [0.15, 0.2) is 36.5 Å². The van der Waals surface area contributed by atoms with Gasteiger partial charge in [0.05, 0.1) is 16.4 Å². The van der Waals surface area contributed by atoms with Gasteiger partial charge in [0.1, 0.15) is 22.2 Å². The number of primary amides is 1. The second-order valence-corrected chi connectivity index (χ2v) is 6.01. The van der Waals surface area contributed by atoms with E-state index in [2.05, 4.69) is 10.1 Å². The zero-order valence-corrected chi connectivity index (χ0v) is 14.2. The minimum Gasteiger partial charge on any atom is -0.383 e. The van der Waals surface area contributed by atoms with Crippen LogP contribution in [-0.2, 0) is 6.42 Å². The maximum atomic E-state index is 13.7. The molecule has 0 bridgehead atoms. The van der Waals surface area contributed by atoms with Crippen LogP contribution in [0.1, 0.15) is 21.7 Å². The monoisotopic (exact) mass is 379 g/mol. The van der Waals surface area contributed by atoms with Crippen molar-refractivity contribution in [3.05, 3.63) is 69.3 Å². The summed E-state index contributed by atoms with van der Waals surface area (Å²) in [5.41, 5.74) is 12.6. The zero-order valence-electron chi connectivity index (χ0n) is 12.7. The molecule has 128 valence electrons. The topological polar surface area (TPSA) is 99.8 Å². The first kappa shape index (κ1) is 17.2. The third-order valence-electron chi connectivity index (χ3n) is 3.54. The van der Waals surface area contributed by atoms with Crippen molar-refractivity contribution in [2.75, 3.05) is 5.73 Å². The molecule has 1 aromatic carbocycles. The molecule has 0 saturated heterocycles. The van der Waals surface area contributed by atoms with Crippen LogP contribution in [0.4, 0.5) is 10.2 Å². The number of hydrogen-bond acceptors (Lipinski definition) is 4. The van der Waals surface area contributed by atoms with Gasteiger partial charge in [-0.25, -0.2) is 9.07 Å². The van der Waals surface area contributed by atoms with E-state index in [1.807, 2.05) is 0 Å². The highest BCUT2D eigenvalue weighted by Gasteiger charge is 2.23. The fourth-order valence-corrected chi connectivity index (χ4v) is 2.71. The van der Waals surface area contributed by atoms with Crippen molar-refractivity contribution in [2.24, 2.45) is 5.73 Å². The van der Waals surface area contributed by atoms with Crippen molar-refractivity contribution in [3.8, 4) is 5.69 Å². The first-order valence-corrected chi connectivity index (χ1v) is 7.86. The number of amides is 1. The molecule has 4 N–H and O–H groups in total. The molecule has 0 aliphatic rings. The number of nitrogens with zero attached hydrogens (tertiary/aromatic N) is 3. The Kier molecular flexibility index (Phi) is 4.61. The predicted molar refractivity (Wildman–Crippen MR) is 93.5 cm³/mol. The molecular formula is C16H12Cl2FN5O. The highest BCUT2D eigenvalue weighted by Crippen LogP contribution is 2.28. The van der Waals surface area contributed by atoms with Crippen molar-refractivity contribution in [1.29, 1.82) is 0 Å². The summed E-state index contributed by atoms with van der Waals surface area (Å²) in [5.74, 6) is -1.40. The Morgan fingerprint density at radius 2 is 2.00 bits per heavy atom. The smallest absolute Gasteiger partial charge is 0.254 e. The highest BCUT2D eigenvalue weighted by atomic mass is 35.5. The number of benzene rings is 1. The largest absolute Gasteiger partial charge is 0.383 e. The fourth-order valence-electron chi connectivity index (χ4n) is 2.39. The van der Waals surface area contributed by atoms with E-state index in [-0.39, 0.29) is 28.5 Å². The lowest BCUT2D eigenvalue weighted by molar-refractivity contribution is 0.100. The number of carbonyl (C=O) groups is 1. The van der Waals surface area contributed by atoms with Crippen LogP contribution in [0.5, 0.6) is 0 Å². The number of hydrogen-bond donors (Lipinski definition) is 2. The molecule has 2 aromatic heterocycles.